The highest BCUT2D eigenvalue weighted by molar-refractivity contribution is 7.80. The normalized spacial score (nSPS) is 16.8. The lowest BCUT2D eigenvalue weighted by Gasteiger charge is -2.33. The van der Waals surface area contributed by atoms with E-state index < -0.39 is 25.3 Å². The summed E-state index contributed by atoms with van der Waals surface area (Å²) in [5.74, 6) is -0.959. The average Bonchev–Trinajstić information content (AvgIpc) is 3.17. The third-order valence-electron chi connectivity index (χ3n) is 6.15. The van der Waals surface area contributed by atoms with Crippen LogP contribution in [0.2, 0.25) is 19.6 Å². The number of benzene rings is 2. The number of hydrogen-bond acceptors (Lipinski definition) is 3. The predicted molar refractivity (Wildman–Crippen MR) is 134 cm³/mol. The van der Waals surface area contributed by atoms with Crippen LogP contribution in [0.4, 0.5) is 5.69 Å². The van der Waals surface area contributed by atoms with E-state index in [4.69, 9.17) is 5.11 Å². The Morgan fingerprint density at radius 3 is 2.55 bits per heavy atom. The van der Waals surface area contributed by atoms with Crippen LogP contribution < -0.4 is 9.49 Å². The van der Waals surface area contributed by atoms with E-state index in [0.29, 0.717) is 18.5 Å². The molecule has 0 saturated heterocycles. The minimum atomic E-state index is -2.24. The lowest BCUT2D eigenvalue weighted by atomic mass is 9.92. The molecule has 33 heavy (non-hydrogen) atoms. The molecule has 0 fully saturated rings. The molecule has 3 aromatic rings. The summed E-state index contributed by atoms with van der Waals surface area (Å²) in [6, 6.07) is 16.0. The molecule has 0 saturated carbocycles. The van der Waals surface area contributed by atoms with Gasteiger partial charge in [-0.2, -0.15) is 5.10 Å². The third kappa shape index (κ3) is 4.95. The van der Waals surface area contributed by atoms with E-state index in [1.807, 2.05) is 24.3 Å². The molecule has 0 spiro atoms. The van der Waals surface area contributed by atoms with Gasteiger partial charge < -0.3 is 5.11 Å². The van der Waals surface area contributed by atoms with Crippen molar-refractivity contribution in [3.05, 3.63) is 66.0 Å². The summed E-state index contributed by atoms with van der Waals surface area (Å²) in [5.41, 5.74) is 4.47. The highest BCUT2D eigenvalue weighted by Gasteiger charge is 2.32. The van der Waals surface area contributed by atoms with Crippen molar-refractivity contribution < 1.29 is 18.7 Å². The van der Waals surface area contributed by atoms with Crippen LogP contribution in [-0.4, -0.2) is 37.7 Å². The molecule has 9 heteroatoms. The van der Waals surface area contributed by atoms with E-state index in [1.54, 1.807) is 6.20 Å². The Morgan fingerprint density at radius 2 is 1.91 bits per heavy atom. The first kappa shape index (κ1) is 23.4. The molecule has 1 aliphatic carbocycles. The molecule has 7 nitrogen and oxygen atoms in total. The molecule has 2 atom stereocenters. The summed E-state index contributed by atoms with van der Waals surface area (Å²) in [6.45, 7) is 6.75. The van der Waals surface area contributed by atoms with Gasteiger partial charge in [0.15, 0.2) is 0 Å². The number of rotatable bonds is 7. The highest BCUT2D eigenvalue weighted by atomic mass is 32.2. The van der Waals surface area contributed by atoms with E-state index in [2.05, 4.69) is 49.0 Å². The van der Waals surface area contributed by atoms with Gasteiger partial charge in [0.2, 0.25) is 0 Å². The zero-order valence-electron chi connectivity index (χ0n) is 19.1. The number of hydrogen-bond donors (Lipinski definition) is 2. The van der Waals surface area contributed by atoms with Gasteiger partial charge in [-0.1, -0.05) is 61.2 Å². The van der Waals surface area contributed by atoms with E-state index in [1.165, 1.54) is 14.2 Å². The zero-order valence-corrected chi connectivity index (χ0v) is 20.9. The quantitative estimate of drug-likeness (QED) is 0.388. The number of aromatic nitrogens is 2. The van der Waals surface area contributed by atoms with Gasteiger partial charge in [-0.25, -0.2) is 4.21 Å². The van der Waals surface area contributed by atoms with Crippen molar-refractivity contribution in [2.24, 2.45) is 0 Å². The summed E-state index contributed by atoms with van der Waals surface area (Å²) in [7, 11) is -1.43. The van der Waals surface area contributed by atoms with Gasteiger partial charge in [0, 0.05) is 11.3 Å². The molecule has 174 valence electrons. The fraction of sp³-hybridized carbons (Fsp3) is 0.333. The Kier molecular flexibility index (Phi) is 6.56. The van der Waals surface area contributed by atoms with Crippen LogP contribution in [0.25, 0.3) is 11.1 Å². The maximum absolute atomic E-state index is 12.4. The van der Waals surface area contributed by atoms with Gasteiger partial charge in [0.25, 0.3) is 11.3 Å². The van der Waals surface area contributed by atoms with E-state index in [-0.39, 0.29) is 12.6 Å². The molecule has 2 N–H and O–H groups in total. The first-order chi connectivity index (χ1) is 15.6. The number of aliphatic carboxylic acids is 1. The van der Waals surface area contributed by atoms with Crippen LogP contribution in [0.1, 0.15) is 30.1 Å². The third-order valence-corrected chi connectivity index (χ3v) is 9.00. The van der Waals surface area contributed by atoms with Crippen molar-refractivity contribution in [2.45, 2.75) is 51.5 Å². The van der Waals surface area contributed by atoms with Gasteiger partial charge in [0.05, 0.1) is 26.0 Å². The van der Waals surface area contributed by atoms with Crippen molar-refractivity contribution in [2.75, 3.05) is 4.31 Å². The van der Waals surface area contributed by atoms with Crippen molar-refractivity contribution in [1.29, 1.82) is 0 Å². The first-order valence-corrected chi connectivity index (χ1v) is 15.6. The number of anilines is 1. The molecule has 1 aromatic heterocycles. The Balaban J connectivity index is 1.65. The van der Waals surface area contributed by atoms with Gasteiger partial charge in [-0.05, 0) is 42.5 Å². The maximum atomic E-state index is 12.4. The van der Waals surface area contributed by atoms with Crippen molar-refractivity contribution >= 4 is 36.2 Å². The Bertz CT molecular complexity index is 1190. The van der Waals surface area contributed by atoms with Gasteiger partial charge >= 0.3 is 5.97 Å². The van der Waals surface area contributed by atoms with Crippen LogP contribution in [0.3, 0.4) is 0 Å². The second-order valence-corrected chi connectivity index (χ2v) is 15.4. The number of fused-ring (bicyclic) bond motifs is 1. The van der Waals surface area contributed by atoms with Crippen LogP contribution >= 0.6 is 0 Å². The first-order valence-electron chi connectivity index (χ1n) is 11.0. The average molecular weight is 484 g/mol. The summed E-state index contributed by atoms with van der Waals surface area (Å²) in [4.78, 5) is 11.2. The second kappa shape index (κ2) is 9.24. The molecule has 0 bridgehead atoms. The van der Waals surface area contributed by atoms with Gasteiger partial charge in [-0.3, -0.25) is 18.3 Å². The van der Waals surface area contributed by atoms with Crippen LogP contribution in [0.5, 0.6) is 0 Å². The molecule has 0 radical (unpaired) electrons. The second-order valence-electron chi connectivity index (χ2n) is 9.44. The molecule has 0 amide bonds. The zero-order chi connectivity index (χ0) is 23.8. The van der Waals surface area contributed by atoms with Crippen LogP contribution in [0.15, 0.2) is 54.7 Å². The maximum Gasteiger partial charge on any atom is 0.325 e. The largest absolute Gasteiger partial charge is 0.480 e. The summed E-state index contributed by atoms with van der Waals surface area (Å²) in [5, 5.41) is 14.8. The minimum absolute atomic E-state index is 0.213. The lowest BCUT2D eigenvalue weighted by Crippen LogP contribution is -2.37. The molecule has 2 aromatic carbocycles. The van der Waals surface area contributed by atoms with E-state index >= 15 is 0 Å². The predicted octanol–water partition coefficient (Wildman–Crippen LogP) is 4.20. The Morgan fingerprint density at radius 1 is 1.18 bits per heavy atom. The van der Waals surface area contributed by atoms with E-state index in [9.17, 15) is 13.6 Å². The SMILES string of the molecule is C[Si](C)(C)c1cccc(-c2ccc(N(C3CCCc4c3cnn4CC(=O)O)S(=O)O)cc2)c1. The molecule has 0 aliphatic heterocycles. The number of carbonyl (C=O) groups is 1. The fourth-order valence-corrected chi connectivity index (χ4v) is 6.37. The topological polar surface area (TPSA) is 95.7 Å². The molecular weight excluding hydrogens is 454 g/mol. The molecular formula is C24H29N3O4SSi. The molecule has 1 aliphatic rings. The number of nitrogens with zero attached hydrogens (tertiary/aromatic N) is 3. The fourth-order valence-electron chi connectivity index (χ4n) is 4.45. The molecule has 4 rings (SSSR count). The van der Waals surface area contributed by atoms with Gasteiger partial charge in [0.1, 0.15) is 6.54 Å². The lowest BCUT2D eigenvalue weighted by molar-refractivity contribution is -0.137. The van der Waals surface area contributed by atoms with Crippen LogP contribution in [-0.2, 0) is 29.0 Å². The smallest absolute Gasteiger partial charge is 0.325 e. The van der Waals surface area contributed by atoms with Crippen molar-refractivity contribution in [3.8, 4) is 11.1 Å². The van der Waals surface area contributed by atoms with Gasteiger partial charge in [-0.15, -0.1) is 0 Å². The van der Waals surface area contributed by atoms with E-state index in [0.717, 1.165) is 28.8 Å². The van der Waals surface area contributed by atoms with Crippen molar-refractivity contribution in [3.63, 3.8) is 0 Å². The molecule has 2 unspecified atom stereocenters. The number of carboxylic acid groups (broad SMARTS) is 1. The minimum Gasteiger partial charge on any atom is -0.480 e. The summed E-state index contributed by atoms with van der Waals surface area (Å²) < 4.78 is 25.6. The standard InChI is InChI=1S/C24H29N3O4SSi/c1-33(2,3)20-7-4-6-18(14-20)17-10-12-19(13-11-17)27(32(30)31)23-9-5-8-22-21(23)15-25-26(22)16-24(28)29/h4,6-7,10-15,23H,5,8-9,16H2,1-3H3,(H,28,29)(H,30,31). The van der Waals surface area contributed by atoms with Crippen molar-refractivity contribution in [1.82, 2.24) is 9.78 Å². The highest BCUT2D eigenvalue weighted by Crippen LogP contribution is 2.38. The molecule has 1 heterocycles. The van der Waals surface area contributed by atoms with Crippen LogP contribution in [0, 0.1) is 0 Å². The number of carboxylic acids is 1. The Hall–Kier alpha value is -2.75. The summed E-state index contributed by atoms with van der Waals surface area (Å²) >= 11 is -2.24. The Labute approximate surface area is 197 Å². The summed E-state index contributed by atoms with van der Waals surface area (Å²) in [6.07, 6.45) is 3.83. The monoisotopic (exact) mass is 483 g/mol.